The minimum atomic E-state index is -0.780. The van der Waals surface area contributed by atoms with Gasteiger partial charge in [0, 0.05) is 30.2 Å². The smallest absolute Gasteiger partial charge is 0.317 e. The Bertz CT molecular complexity index is 823. The summed E-state index contributed by atoms with van der Waals surface area (Å²) in [7, 11) is 0. The van der Waals surface area contributed by atoms with Crippen molar-refractivity contribution in [1.29, 1.82) is 0 Å². The molecule has 1 amide bonds. The van der Waals surface area contributed by atoms with Crippen molar-refractivity contribution in [3.05, 3.63) is 42.2 Å². The van der Waals surface area contributed by atoms with Crippen molar-refractivity contribution in [1.82, 2.24) is 15.2 Å². The number of hydrogen-bond acceptors (Lipinski definition) is 4. The van der Waals surface area contributed by atoms with E-state index in [9.17, 15) is 9.59 Å². The molecular formula is C20H23N3O3. The van der Waals surface area contributed by atoms with Crippen molar-refractivity contribution >= 4 is 22.6 Å². The van der Waals surface area contributed by atoms with Gasteiger partial charge in [0.2, 0.25) is 0 Å². The third-order valence-corrected chi connectivity index (χ3v) is 5.38. The van der Waals surface area contributed by atoms with E-state index in [1.165, 1.54) is 12.8 Å². The van der Waals surface area contributed by atoms with Gasteiger partial charge in [0.25, 0.3) is 5.91 Å². The van der Waals surface area contributed by atoms with Gasteiger partial charge in [0.05, 0.1) is 6.54 Å². The predicted octanol–water partition coefficient (Wildman–Crippen LogP) is 2.29. The molecule has 6 nitrogen and oxygen atoms in total. The van der Waals surface area contributed by atoms with Crippen molar-refractivity contribution in [3.63, 3.8) is 0 Å². The van der Waals surface area contributed by atoms with Gasteiger partial charge in [-0.2, -0.15) is 0 Å². The first kappa shape index (κ1) is 17.0. The van der Waals surface area contributed by atoms with Crippen molar-refractivity contribution in [2.45, 2.75) is 37.8 Å². The summed E-state index contributed by atoms with van der Waals surface area (Å²) < 4.78 is 0. The van der Waals surface area contributed by atoms with Crippen LogP contribution in [0.1, 0.15) is 36.2 Å². The third kappa shape index (κ3) is 3.70. The van der Waals surface area contributed by atoms with E-state index < -0.39 is 5.97 Å². The summed E-state index contributed by atoms with van der Waals surface area (Å²) in [6.07, 6.45) is 5.67. The molecule has 0 radical (unpaired) electrons. The summed E-state index contributed by atoms with van der Waals surface area (Å²) in [6.45, 7) is 0.954. The normalized spacial score (nSPS) is 22.2. The molecule has 1 heterocycles. The maximum absolute atomic E-state index is 12.6. The number of carbonyl (C=O) groups is 2. The molecule has 0 saturated heterocycles. The van der Waals surface area contributed by atoms with Crippen LogP contribution in [0, 0.1) is 5.92 Å². The van der Waals surface area contributed by atoms with E-state index in [0.29, 0.717) is 11.6 Å². The van der Waals surface area contributed by atoms with E-state index in [1.54, 1.807) is 6.20 Å². The van der Waals surface area contributed by atoms with E-state index in [0.717, 1.165) is 30.2 Å². The molecule has 1 aromatic carbocycles. The molecule has 0 unspecified atom stereocenters. The van der Waals surface area contributed by atoms with Gasteiger partial charge in [-0.1, -0.05) is 24.3 Å². The Morgan fingerprint density at radius 2 is 1.96 bits per heavy atom. The maximum Gasteiger partial charge on any atom is 0.317 e. The molecule has 2 aliphatic carbocycles. The molecule has 0 aliphatic heterocycles. The van der Waals surface area contributed by atoms with Crippen LogP contribution in [0.25, 0.3) is 10.8 Å². The standard InChI is InChI=1S/C20H23N3O3/c24-18(25)12-23(11-13-5-6-13)16-9-15(10-16)22-20(26)19-17-4-2-1-3-14(17)7-8-21-19/h1-4,7-8,13,15-16H,5-6,9-12H2,(H,22,26)(H,24,25). The predicted molar refractivity (Wildman–Crippen MR) is 98.0 cm³/mol. The van der Waals surface area contributed by atoms with Crippen LogP contribution in [0.15, 0.2) is 36.5 Å². The second-order valence-corrected chi connectivity index (χ2v) is 7.44. The van der Waals surface area contributed by atoms with E-state index in [2.05, 4.69) is 15.2 Å². The number of benzene rings is 1. The molecule has 2 aliphatic rings. The summed E-state index contributed by atoms with van der Waals surface area (Å²) in [6, 6.07) is 9.95. The number of rotatable bonds is 7. The number of pyridine rings is 1. The first-order valence-electron chi connectivity index (χ1n) is 9.20. The lowest BCUT2D eigenvalue weighted by Crippen LogP contribution is -2.55. The number of amides is 1. The van der Waals surface area contributed by atoms with Crippen LogP contribution in [0.3, 0.4) is 0 Å². The average Bonchev–Trinajstić information content (AvgIpc) is 3.40. The average molecular weight is 353 g/mol. The summed E-state index contributed by atoms with van der Waals surface area (Å²) >= 11 is 0. The van der Waals surface area contributed by atoms with Crippen LogP contribution < -0.4 is 5.32 Å². The quantitative estimate of drug-likeness (QED) is 0.798. The van der Waals surface area contributed by atoms with Gasteiger partial charge in [-0.15, -0.1) is 0 Å². The van der Waals surface area contributed by atoms with Crippen LogP contribution >= 0.6 is 0 Å². The SMILES string of the molecule is O=C(O)CN(CC1CC1)C1CC(NC(=O)c2nccc3ccccc23)C1. The first-order chi connectivity index (χ1) is 12.6. The number of carbonyl (C=O) groups excluding carboxylic acids is 1. The highest BCUT2D eigenvalue weighted by Crippen LogP contribution is 2.33. The number of nitrogens with one attached hydrogen (secondary N) is 1. The molecule has 0 atom stereocenters. The fourth-order valence-corrected chi connectivity index (χ4v) is 3.71. The molecule has 2 aromatic rings. The van der Waals surface area contributed by atoms with Crippen LogP contribution in [0.4, 0.5) is 0 Å². The number of carboxylic acids is 1. The second-order valence-electron chi connectivity index (χ2n) is 7.44. The molecule has 136 valence electrons. The zero-order valence-electron chi connectivity index (χ0n) is 14.6. The lowest BCUT2D eigenvalue weighted by Gasteiger charge is -2.42. The first-order valence-corrected chi connectivity index (χ1v) is 9.20. The number of aliphatic carboxylic acids is 1. The molecule has 0 bridgehead atoms. The van der Waals surface area contributed by atoms with Crippen LogP contribution in [0.5, 0.6) is 0 Å². The van der Waals surface area contributed by atoms with E-state index >= 15 is 0 Å². The van der Waals surface area contributed by atoms with Crippen LogP contribution in [-0.2, 0) is 4.79 Å². The number of hydrogen-bond donors (Lipinski definition) is 2. The minimum Gasteiger partial charge on any atom is -0.480 e. The molecule has 0 spiro atoms. The Balaban J connectivity index is 1.36. The molecule has 2 N–H and O–H groups in total. The zero-order chi connectivity index (χ0) is 18.1. The van der Waals surface area contributed by atoms with Crippen LogP contribution in [0.2, 0.25) is 0 Å². The Morgan fingerprint density at radius 3 is 2.69 bits per heavy atom. The lowest BCUT2D eigenvalue weighted by molar-refractivity contribution is -0.139. The highest BCUT2D eigenvalue weighted by atomic mass is 16.4. The topological polar surface area (TPSA) is 82.5 Å². The molecule has 6 heteroatoms. The Hall–Kier alpha value is -2.47. The molecule has 26 heavy (non-hydrogen) atoms. The molecule has 1 aromatic heterocycles. The number of aromatic nitrogens is 1. The maximum atomic E-state index is 12.6. The fraction of sp³-hybridized carbons (Fsp3) is 0.450. The largest absolute Gasteiger partial charge is 0.480 e. The zero-order valence-corrected chi connectivity index (χ0v) is 14.6. The summed E-state index contributed by atoms with van der Waals surface area (Å²) in [5, 5.41) is 14.0. The number of nitrogens with zero attached hydrogens (tertiary/aromatic N) is 2. The van der Waals surface area contributed by atoms with E-state index in [4.69, 9.17) is 5.11 Å². The van der Waals surface area contributed by atoms with Crippen molar-refractivity contribution in [3.8, 4) is 0 Å². The Morgan fingerprint density at radius 1 is 1.19 bits per heavy atom. The fourth-order valence-electron chi connectivity index (χ4n) is 3.71. The Labute approximate surface area is 152 Å². The van der Waals surface area contributed by atoms with Crippen molar-refractivity contribution in [2.24, 2.45) is 5.92 Å². The van der Waals surface area contributed by atoms with Gasteiger partial charge in [0.15, 0.2) is 0 Å². The highest BCUT2D eigenvalue weighted by molar-refractivity contribution is 6.05. The number of fused-ring (bicyclic) bond motifs is 1. The molecular weight excluding hydrogens is 330 g/mol. The van der Waals surface area contributed by atoms with Gasteiger partial charge in [0.1, 0.15) is 5.69 Å². The summed E-state index contributed by atoms with van der Waals surface area (Å²) in [4.78, 5) is 30.1. The van der Waals surface area contributed by atoms with Crippen molar-refractivity contribution in [2.75, 3.05) is 13.1 Å². The van der Waals surface area contributed by atoms with E-state index in [-0.39, 0.29) is 24.5 Å². The second kappa shape index (κ2) is 7.03. The van der Waals surface area contributed by atoms with Gasteiger partial charge in [-0.05, 0) is 43.1 Å². The van der Waals surface area contributed by atoms with Gasteiger partial charge >= 0.3 is 5.97 Å². The van der Waals surface area contributed by atoms with E-state index in [1.807, 2.05) is 30.3 Å². The Kier molecular flexibility index (Phi) is 4.59. The van der Waals surface area contributed by atoms with Gasteiger partial charge in [-0.3, -0.25) is 19.5 Å². The van der Waals surface area contributed by atoms with Crippen LogP contribution in [-0.4, -0.2) is 52.0 Å². The summed E-state index contributed by atoms with van der Waals surface area (Å²) in [5.74, 6) is -0.279. The molecule has 2 saturated carbocycles. The van der Waals surface area contributed by atoms with Gasteiger partial charge in [-0.25, -0.2) is 0 Å². The van der Waals surface area contributed by atoms with Crippen molar-refractivity contribution < 1.29 is 14.7 Å². The molecule has 4 rings (SSSR count). The molecule has 2 fully saturated rings. The minimum absolute atomic E-state index is 0.0868. The monoisotopic (exact) mass is 353 g/mol. The summed E-state index contributed by atoms with van der Waals surface area (Å²) in [5.41, 5.74) is 0.451. The third-order valence-electron chi connectivity index (χ3n) is 5.38. The highest BCUT2D eigenvalue weighted by Gasteiger charge is 2.38. The number of carboxylic acid groups (broad SMARTS) is 1. The van der Waals surface area contributed by atoms with Gasteiger partial charge < -0.3 is 10.4 Å². The lowest BCUT2D eigenvalue weighted by atomic mass is 9.85.